The monoisotopic (exact) mass is 298 g/mol. The van der Waals surface area contributed by atoms with E-state index in [1.165, 1.54) is 0 Å². The van der Waals surface area contributed by atoms with E-state index in [4.69, 9.17) is 4.74 Å². The third kappa shape index (κ3) is 1.48. The number of hydrogen-bond acceptors (Lipinski definition) is 2. The van der Waals surface area contributed by atoms with Crippen LogP contribution >= 0.6 is 0 Å². The highest BCUT2D eigenvalue weighted by Crippen LogP contribution is 2.46. The number of benzene rings is 5. The van der Waals surface area contributed by atoms with Crippen molar-refractivity contribution in [2.75, 3.05) is 7.11 Å². The molecule has 0 saturated heterocycles. The number of phenols is 1. The Morgan fingerprint density at radius 3 is 2.30 bits per heavy atom. The SMILES string of the molecule is COc1c2ccccc2c2cc(O)c3cccc4ccc1c2c43. The van der Waals surface area contributed by atoms with Gasteiger partial charge in [-0.3, -0.25) is 0 Å². The summed E-state index contributed by atoms with van der Waals surface area (Å²) in [5.74, 6) is 1.22. The highest BCUT2D eigenvalue weighted by atomic mass is 16.5. The molecule has 5 rings (SSSR count). The van der Waals surface area contributed by atoms with E-state index >= 15 is 0 Å². The molecule has 23 heavy (non-hydrogen) atoms. The molecule has 0 spiro atoms. The van der Waals surface area contributed by atoms with Gasteiger partial charge in [0.25, 0.3) is 0 Å². The van der Waals surface area contributed by atoms with Gasteiger partial charge < -0.3 is 9.84 Å². The summed E-state index contributed by atoms with van der Waals surface area (Å²) in [5, 5.41) is 19.1. The molecule has 0 heterocycles. The molecule has 5 aromatic carbocycles. The van der Waals surface area contributed by atoms with Crippen LogP contribution in [-0.4, -0.2) is 12.2 Å². The molecule has 1 N–H and O–H groups in total. The van der Waals surface area contributed by atoms with Gasteiger partial charge in [0.1, 0.15) is 11.5 Å². The number of ether oxygens (including phenoxy) is 1. The molecule has 0 aliphatic heterocycles. The van der Waals surface area contributed by atoms with Crippen LogP contribution in [0.15, 0.2) is 60.7 Å². The van der Waals surface area contributed by atoms with Gasteiger partial charge in [0, 0.05) is 26.9 Å². The van der Waals surface area contributed by atoms with Crippen molar-refractivity contribution in [2.24, 2.45) is 0 Å². The molecule has 2 heteroatoms. The van der Waals surface area contributed by atoms with Crippen LogP contribution in [0, 0.1) is 0 Å². The first kappa shape index (κ1) is 12.5. The zero-order valence-corrected chi connectivity index (χ0v) is 12.6. The molecule has 110 valence electrons. The number of phenolic OH excluding ortho intramolecular Hbond substituents is 1. The number of fused-ring (bicyclic) bond motifs is 2. The summed E-state index contributed by atoms with van der Waals surface area (Å²) in [4.78, 5) is 0. The van der Waals surface area contributed by atoms with Gasteiger partial charge in [-0.1, -0.05) is 48.5 Å². The van der Waals surface area contributed by atoms with Crippen LogP contribution < -0.4 is 4.74 Å². The standard InChI is InChI=1S/C21H14O2/c1-23-21-14-7-3-2-6-13(14)17-11-18(22)15-8-4-5-12-9-10-16(21)20(17)19(12)15/h2-11,22H,1H3. The summed E-state index contributed by atoms with van der Waals surface area (Å²) < 4.78 is 5.75. The summed E-state index contributed by atoms with van der Waals surface area (Å²) in [5.41, 5.74) is 0. The average molecular weight is 298 g/mol. The van der Waals surface area contributed by atoms with Crippen LogP contribution in [0.5, 0.6) is 11.5 Å². The smallest absolute Gasteiger partial charge is 0.134 e. The molecule has 0 bridgehead atoms. The van der Waals surface area contributed by atoms with E-state index in [1.807, 2.05) is 30.3 Å². The van der Waals surface area contributed by atoms with Crippen LogP contribution in [0.4, 0.5) is 0 Å². The van der Waals surface area contributed by atoms with E-state index in [0.717, 1.165) is 48.8 Å². The van der Waals surface area contributed by atoms with Crippen molar-refractivity contribution in [3.05, 3.63) is 60.7 Å². The van der Waals surface area contributed by atoms with E-state index in [9.17, 15) is 5.11 Å². The van der Waals surface area contributed by atoms with Crippen LogP contribution in [0.2, 0.25) is 0 Å². The van der Waals surface area contributed by atoms with Crippen LogP contribution in [-0.2, 0) is 0 Å². The molecule has 0 atom stereocenters. The first-order valence-corrected chi connectivity index (χ1v) is 7.65. The van der Waals surface area contributed by atoms with Gasteiger partial charge in [0.2, 0.25) is 0 Å². The summed E-state index contributed by atoms with van der Waals surface area (Å²) in [7, 11) is 1.72. The predicted molar refractivity (Wildman–Crippen MR) is 95.9 cm³/mol. The molecule has 5 aromatic rings. The fraction of sp³-hybridized carbons (Fsp3) is 0.0476. The lowest BCUT2D eigenvalue weighted by atomic mass is 9.90. The molecule has 0 aromatic heterocycles. The number of methoxy groups -OCH3 is 1. The first-order valence-electron chi connectivity index (χ1n) is 7.65. The fourth-order valence-corrected chi connectivity index (χ4v) is 3.84. The Morgan fingerprint density at radius 1 is 0.696 bits per heavy atom. The summed E-state index contributed by atoms with van der Waals surface area (Å²) >= 11 is 0. The zero-order valence-electron chi connectivity index (χ0n) is 12.6. The van der Waals surface area contributed by atoms with Crippen molar-refractivity contribution >= 4 is 43.1 Å². The van der Waals surface area contributed by atoms with Crippen LogP contribution in [0.1, 0.15) is 0 Å². The highest BCUT2D eigenvalue weighted by Gasteiger charge is 2.17. The van der Waals surface area contributed by atoms with Crippen molar-refractivity contribution in [2.45, 2.75) is 0 Å². The van der Waals surface area contributed by atoms with Crippen LogP contribution in [0.25, 0.3) is 43.1 Å². The molecular weight excluding hydrogens is 284 g/mol. The molecule has 0 saturated carbocycles. The molecule has 0 radical (unpaired) electrons. The second-order valence-electron chi connectivity index (χ2n) is 5.91. The number of hydrogen-bond donors (Lipinski definition) is 1. The lowest BCUT2D eigenvalue weighted by Gasteiger charge is -2.17. The van der Waals surface area contributed by atoms with Gasteiger partial charge in [0.05, 0.1) is 7.11 Å². The Labute approximate surface area is 132 Å². The van der Waals surface area contributed by atoms with Gasteiger partial charge in [0.15, 0.2) is 0 Å². The molecular formula is C21H14O2. The maximum absolute atomic E-state index is 10.5. The largest absolute Gasteiger partial charge is 0.507 e. The Morgan fingerprint density at radius 2 is 1.48 bits per heavy atom. The highest BCUT2D eigenvalue weighted by molar-refractivity contribution is 6.32. The van der Waals surface area contributed by atoms with Gasteiger partial charge in [-0.25, -0.2) is 0 Å². The van der Waals surface area contributed by atoms with E-state index in [1.54, 1.807) is 7.11 Å². The van der Waals surface area contributed by atoms with Crippen molar-refractivity contribution in [1.82, 2.24) is 0 Å². The Balaban J connectivity index is 2.24. The summed E-state index contributed by atoms with van der Waals surface area (Å²) in [6, 6.07) is 20.3. The normalized spacial score (nSPS) is 11.9. The number of aromatic hydroxyl groups is 1. The minimum Gasteiger partial charge on any atom is -0.507 e. The van der Waals surface area contributed by atoms with E-state index in [0.29, 0.717) is 5.75 Å². The molecule has 0 unspecified atom stereocenters. The lowest BCUT2D eigenvalue weighted by Crippen LogP contribution is -1.91. The van der Waals surface area contributed by atoms with E-state index in [2.05, 4.69) is 30.3 Å². The first-order chi connectivity index (χ1) is 11.3. The molecule has 2 nitrogen and oxygen atoms in total. The molecule has 0 aliphatic carbocycles. The lowest BCUT2D eigenvalue weighted by molar-refractivity contribution is 0.424. The summed E-state index contributed by atoms with van der Waals surface area (Å²) in [6.07, 6.45) is 0. The third-order valence-corrected chi connectivity index (χ3v) is 4.78. The Hall–Kier alpha value is -3.00. The Kier molecular flexibility index (Phi) is 2.32. The quantitative estimate of drug-likeness (QED) is 0.329. The van der Waals surface area contributed by atoms with E-state index < -0.39 is 0 Å². The van der Waals surface area contributed by atoms with Crippen molar-refractivity contribution < 1.29 is 9.84 Å². The maximum atomic E-state index is 10.5. The van der Waals surface area contributed by atoms with Gasteiger partial charge >= 0.3 is 0 Å². The van der Waals surface area contributed by atoms with Crippen LogP contribution in [0.3, 0.4) is 0 Å². The maximum Gasteiger partial charge on any atom is 0.134 e. The van der Waals surface area contributed by atoms with Crippen molar-refractivity contribution in [1.29, 1.82) is 0 Å². The molecule has 0 fully saturated rings. The Bertz CT molecular complexity index is 1200. The fourth-order valence-electron chi connectivity index (χ4n) is 3.84. The molecule has 0 amide bonds. The second kappa shape index (κ2) is 4.26. The number of rotatable bonds is 1. The predicted octanol–water partition coefficient (Wildman–Crippen LogP) is 5.45. The zero-order chi connectivity index (χ0) is 15.6. The van der Waals surface area contributed by atoms with Gasteiger partial charge in [-0.15, -0.1) is 0 Å². The van der Waals surface area contributed by atoms with Gasteiger partial charge in [-0.2, -0.15) is 0 Å². The van der Waals surface area contributed by atoms with Crippen molar-refractivity contribution in [3.8, 4) is 11.5 Å². The topological polar surface area (TPSA) is 29.5 Å². The molecule has 0 aliphatic rings. The average Bonchev–Trinajstić information content (AvgIpc) is 2.60. The summed E-state index contributed by atoms with van der Waals surface area (Å²) in [6.45, 7) is 0. The third-order valence-electron chi connectivity index (χ3n) is 4.78. The minimum absolute atomic E-state index is 0.325. The van der Waals surface area contributed by atoms with Gasteiger partial charge in [-0.05, 0) is 28.3 Å². The van der Waals surface area contributed by atoms with Crippen molar-refractivity contribution in [3.63, 3.8) is 0 Å². The minimum atomic E-state index is 0.325. The van der Waals surface area contributed by atoms with E-state index in [-0.39, 0.29) is 0 Å². The second-order valence-corrected chi connectivity index (χ2v) is 5.91.